The summed E-state index contributed by atoms with van der Waals surface area (Å²) in [5.74, 6) is -0.388. The Balaban J connectivity index is 0.00000320. The van der Waals surface area contributed by atoms with Crippen LogP contribution in [0.3, 0.4) is 0 Å². The number of nitro groups is 1. The largest absolute Gasteiger partial charge is 0.416 e. The summed E-state index contributed by atoms with van der Waals surface area (Å²) in [5, 5.41) is 10.8. The maximum atomic E-state index is 13.4. The van der Waals surface area contributed by atoms with Gasteiger partial charge >= 0.3 is 6.18 Å². The smallest absolute Gasteiger partial charge is 0.341 e. The molecular weight excluding hydrogens is 423 g/mol. The van der Waals surface area contributed by atoms with Gasteiger partial charge in [-0.25, -0.2) is 0 Å². The summed E-state index contributed by atoms with van der Waals surface area (Å²) in [6.07, 6.45) is 1.02. The van der Waals surface area contributed by atoms with E-state index in [0.29, 0.717) is 6.07 Å². The van der Waals surface area contributed by atoms with Gasteiger partial charge in [0.25, 0.3) is 5.69 Å². The monoisotopic (exact) mass is 449 g/mol. The van der Waals surface area contributed by atoms with Crippen molar-refractivity contribution in [3.63, 3.8) is 0 Å². The number of halogens is 4. The highest BCUT2D eigenvalue weighted by Gasteiger charge is 2.38. The SMILES string of the molecule is CN(C(=O)Cc1ccc([N+](=O)[O-])cc1C(F)(F)F)[C@@H]1CCCC[C@H]1N1CCCC1.Cl. The van der Waals surface area contributed by atoms with Crippen LogP contribution in [0.5, 0.6) is 0 Å². The third-order valence-corrected chi connectivity index (χ3v) is 6.15. The molecule has 3 rings (SSSR count). The second kappa shape index (κ2) is 9.96. The molecule has 1 saturated carbocycles. The van der Waals surface area contributed by atoms with E-state index in [0.717, 1.165) is 63.7 Å². The molecule has 0 unspecified atom stereocenters. The van der Waals surface area contributed by atoms with Crippen molar-refractivity contribution in [3.8, 4) is 0 Å². The molecule has 30 heavy (non-hydrogen) atoms. The lowest BCUT2D eigenvalue weighted by molar-refractivity contribution is -0.385. The van der Waals surface area contributed by atoms with E-state index in [9.17, 15) is 28.1 Å². The van der Waals surface area contributed by atoms with Gasteiger partial charge in [0.2, 0.25) is 5.91 Å². The van der Waals surface area contributed by atoms with Gasteiger partial charge in [-0.15, -0.1) is 12.4 Å². The first-order valence-electron chi connectivity index (χ1n) is 10.0. The standard InChI is InChI=1S/C20H26F3N3O3.ClH/c1-24(17-6-2-3-7-18(17)25-10-4-5-11-25)19(27)12-14-8-9-15(26(28)29)13-16(14)20(21,22)23;/h8-9,13,17-18H,2-7,10-12H2,1H3;1H/t17-,18-;/m1./s1. The Hall–Kier alpha value is -1.87. The maximum absolute atomic E-state index is 13.4. The fourth-order valence-electron chi connectivity index (χ4n) is 4.61. The van der Waals surface area contributed by atoms with Gasteiger partial charge in [0.1, 0.15) is 0 Å². The molecule has 0 N–H and O–H groups in total. The minimum absolute atomic E-state index is 0. The van der Waals surface area contributed by atoms with E-state index >= 15 is 0 Å². The number of nitro benzene ring substituents is 1. The molecule has 1 aromatic carbocycles. The van der Waals surface area contributed by atoms with Gasteiger partial charge in [0.05, 0.1) is 16.9 Å². The summed E-state index contributed by atoms with van der Waals surface area (Å²) >= 11 is 0. The second-order valence-corrected chi connectivity index (χ2v) is 7.94. The van der Waals surface area contributed by atoms with Crippen LogP contribution in [0.2, 0.25) is 0 Å². The fraction of sp³-hybridized carbons (Fsp3) is 0.650. The molecule has 2 atom stereocenters. The number of likely N-dealkylation sites (N-methyl/N-ethyl adjacent to an activating group) is 1. The summed E-state index contributed by atoms with van der Waals surface area (Å²) < 4.78 is 40.2. The summed E-state index contributed by atoms with van der Waals surface area (Å²) in [6, 6.07) is 2.81. The van der Waals surface area contributed by atoms with Crippen molar-refractivity contribution in [2.24, 2.45) is 0 Å². The van der Waals surface area contributed by atoms with Crippen LogP contribution in [0, 0.1) is 10.1 Å². The first-order chi connectivity index (χ1) is 13.7. The zero-order chi connectivity index (χ0) is 21.2. The van der Waals surface area contributed by atoms with Crippen LogP contribution < -0.4 is 0 Å². The molecule has 1 amide bonds. The number of non-ortho nitro benzene ring substituents is 1. The van der Waals surface area contributed by atoms with Gasteiger partial charge in [-0.05, 0) is 44.3 Å². The lowest BCUT2D eigenvalue weighted by Crippen LogP contribution is -2.53. The summed E-state index contributed by atoms with van der Waals surface area (Å²) in [4.78, 5) is 26.9. The lowest BCUT2D eigenvalue weighted by atomic mass is 9.88. The van der Waals surface area contributed by atoms with E-state index in [2.05, 4.69) is 4.90 Å². The summed E-state index contributed by atoms with van der Waals surface area (Å²) in [6.45, 7) is 2.01. The molecular formula is C20H27ClF3N3O3. The molecule has 168 valence electrons. The van der Waals surface area contributed by atoms with Crippen molar-refractivity contribution >= 4 is 24.0 Å². The number of hydrogen-bond acceptors (Lipinski definition) is 4. The zero-order valence-electron chi connectivity index (χ0n) is 16.9. The van der Waals surface area contributed by atoms with E-state index in [1.165, 1.54) is 0 Å². The van der Waals surface area contributed by atoms with E-state index in [-0.39, 0.29) is 36.0 Å². The van der Waals surface area contributed by atoms with Crippen LogP contribution in [0.25, 0.3) is 0 Å². The number of carbonyl (C=O) groups is 1. The van der Waals surface area contributed by atoms with Crippen molar-refractivity contribution in [3.05, 3.63) is 39.4 Å². The minimum Gasteiger partial charge on any atom is -0.341 e. The Bertz CT molecular complexity index is 769. The number of benzene rings is 1. The molecule has 0 aromatic heterocycles. The number of nitrogens with zero attached hydrogens (tertiary/aromatic N) is 3. The number of hydrogen-bond donors (Lipinski definition) is 0. The Morgan fingerprint density at radius 3 is 2.43 bits per heavy atom. The quantitative estimate of drug-likeness (QED) is 0.492. The number of carbonyl (C=O) groups excluding carboxylic acids is 1. The molecule has 1 aliphatic carbocycles. The van der Waals surface area contributed by atoms with E-state index in [1.807, 2.05) is 0 Å². The molecule has 0 radical (unpaired) electrons. The number of amides is 1. The van der Waals surface area contributed by atoms with Crippen LogP contribution in [-0.4, -0.2) is 52.9 Å². The fourth-order valence-corrected chi connectivity index (χ4v) is 4.61. The Labute approximate surface area is 180 Å². The van der Waals surface area contributed by atoms with Gasteiger partial charge < -0.3 is 4.90 Å². The van der Waals surface area contributed by atoms with Gasteiger partial charge in [0, 0.05) is 31.3 Å². The normalized spacial score (nSPS) is 22.4. The van der Waals surface area contributed by atoms with Crippen molar-refractivity contribution in [2.75, 3.05) is 20.1 Å². The molecule has 1 aromatic rings. The Morgan fingerprint density at radius 2 is 1.83 bits per heavy atom. The molecule has 1 saturated heterocycles. The van der Waals surface area contributed by atoms with Crippen LogP contribution in [0.4, 0.5) is 18.9 Å². The third-order valence-electron chi connectivity index (χ3n) is 6.15. The van der Waals surface area contributed by atoms with Crippen LogP contribution in [0.1, 0.15) is 49.7 Å². The van der Waals surface area contributed by atoms with Crippen molar-refractivity contribution in [1.82, 2.24) is 9.80 Å². The van der Waals surface area contributed by atoms with E-state index < -0.39 is 28.8 Å². The van der Waals surface area contributed by atoms with Crippen LogP contribution in [0.15, 0.2) is 18.2 Å². The highest BCUT2D eigenvalue weighted by molar-refractivity contribution is 5.85. The van der Waals surface area contributed by atoms with Crippen molar-refractivity contribution in [1.29, 1.82) is 0 Å². The highest BCUT2D eigenvalue weighted by atomic mass is 35.5. The van der Waals surface area contributed by atoms with Gasteiger partial charge in [-0.3, -0.25) is 19.8 Å². The van der Waals surface area contributed by atoms with Crippen LogP contribution in [-0.2, 0) is 17.4 Å². The van der Waals surface area contributed by atoms with Crippen molar-refractivity contribution in [2.45, 2.75) is 63.2 Å². The Morgan fingerprint density at radius 1 is 1.20 bits per heavy atom. The average molecular weight is 450 g/mol. The number of likely N-dealkylation sites (tertiary alicyclic amines) is 1. The van der Waals surface area contributed by atoms with Gasteiger partial charge in [-0.2, -0.15) is 13.2 Å². The second-order valence-electron chi connectivity index (χ2n) is 7.94. The lowest BCUT2D eigenvalue weighted by Gasteiger charge is -2.42. The molecule has 0 spiro atoms. The first kappa shape index (κ1) is 24.4. The predicted molar refractivity (Wildman–Crippen MR) is 109 cm³/mol. The maximum Gasteiger partial charge on any atom is 0.416 e. The number of rotatable bonds is 5. The Kier molecular flexibility index (Phi) is 8.10. The molecule has 10 heteroatoms. The third kappa shape index (κ3) is 5.43. The number of alkyl halides is 3. The first-order valence-corrected chi connectivity index (χ1v) is 10.0. The van der Waals surface area contributed by atoms with Crippen LogP contribution >= 0.6 is 12.4 Å². The predicted octanol–water partition coefficient (Wildman–Crippen LogP) is 4.44. The average Bonchev–Trinajstić information content (AvgIpc) is 3.21. The molecule has 2 aliphatic rings. The molecule has 0 bridgehead atoms. The highest BCUT2D eigenvalue weighted by Crippen LogP contribution is 2.35. The van der Waals surface area contributed by atoms with E-state index in [4.69, 9.17) is 0 Å². The molecule has 2 fully saturated rings. The van der Waals surface area contributed by atoms with Gasteiger partial charge in [-0.1, -0.05) is 18.9 Å². The van der Waals surface area contributed by atoms with Crippen molar-refractivity contribution < 1.29 is 22.9 Å². The van der Waals surface area contributed by atoms with Gasteiger partial charge in [0.15, 0.2) is 0 Å². The van der Waals surface area contributed by atoms with E-state index in [1.54, 1.807) is 11.9 Å². The molecule has 6 nitrogen and oxygen atoms in total. The molecule has 1 heterocycles. The summed E-state index contributed by atoms with van der Waals surface area (Å²) in [5.41, 5.74) is -1.98. The zero-order valence-corrected chi connectivity index (χ0v) is 17.7. The topological polar surface area (TPSA) is 66.7 Å². The molecule has 1 aliphatic heterocycles. The minimum atomic E-state index is -4.76. The summed E-state index contributed by atoms with van der Waals surface area (Å²) in [7, 11) is 1.67.